The van der Waals surface area contributed by atoms with Crippen molar-refractivity contribution in [3.8, 4) is 5.75 Å². The van der Waals surface area contributed by atoms with Crippen molar-refractivity contribution in [2.45, 2.75) is 32.2 Å². The SMILES string of the molecule is COc1cccc(C(=O)NCCC(=O)NC(C)CCc2ccccc2)c1. The summed E-state index contributed by atoms with van der Waals surface area (Å²) >= 11 is 0. The summed E-state index contributed by atoms with van der Waals surface area (Å²) in [6.45, 7) is 2.29. The molecule has 1 unspecified atom stereocenters. The molecule has 26 heavy (non-hydrogen) atoms. The van der Waals surface area contributed by atoms with Crippen LogP contribution in [0, 0.1) is 0 Å². The molecular formula is C21H26N2O3. The smallest absolute Gasteiger partial charge is 0.251 e. The Morgan fingerprint density at radius 3 is 2.58 bits per heavy atom. The van der Waals surface area contributed by atoms with Crippen molar-refractivity contribution in [3.63, 3.8) is 0 Å². The predicted molar refractivity (Wildman–Crippen MR) is 102 cm³/mol. The van der Waals surface area contributed by atoms with Gasteiger partial charge >= 0.3 is 0 Å². The maximum Gasteiger partial charge on any atom is 0.251 e. The highest BCUT2D eigenvalue weighted by Gasteiger charge is 2.10. The highest BCUT2D eigenvalue weighted by molar-refractivity contribution is 5.94. The fraction of sp³-hybridized carbons (Fsp3) is 0.333. The van der Waals surface area contributed by atoms with Crippen molar-refractivity contribution in [1.29, 1.82) is 0 Å². The normalized spacial score (nSPS) is 11.5. The van der Waals surface area contributed by atoms with E-state index in [4.69, 9.17) is 4.74 Å². The van der Waals surface area contributed by atoms with Crippen LogP contribution in [0.2, 0.25) is 0 Å². The van der Waals surface area contributed by atoms with E-state index in [1.165, 1.54) is 5.56 Å². The number of hydrogen-bond acceptors (Lipinski definition) is 3. The van der Waals surface area contributed by atoms with E-state index in [9.17, 15) is 9.59 Å². The van der Waals surface area contributed by atoms with E-state index in [0.29, 0.717) is 17.9 Å². The number of benzene rings is 2. The van der Waals surface area contributed by atoms with Crippen LogP contribution in [0.1, 0.15) is 35.7 Å². The average Bonchev–Trinajstić information content (AvgIpc) is 2.67. The number of nitrogens with one attached hydrogen (secondary N) is 2. The van der Waals surface area contributed by atoms with Crippen molar-refractivity contribution in [1.82, 2.24) is 10.6 Å². The molecule has 0 aliphatic rings. The molecule has 0 saturated carbocycles. The Kier molecular flexibility index (Phi) is 7.68. The fourth-order valence-corrected chi connectivity index (χ4v) is 2.60. The number of amides is 2. The van der Waals surface area contributed by atoms with Crippen molar-refractivity contribution in [3.05, 3.63) is 65.7 Å². The minimum absolute atomic E-state index is 0.0588. The second-order valence-electron chi connectivity index (χ2n) is 6.23. The number of rotatable bonds is 9. The third kappa shape index (κ3) is 6.59. The Hall–Kier alpha value is -2.82. The van der Waals surface area contributed by atoms with Crippen LogP contribution in [-0.4, -0.2) is 31.5 Å². The van der Waals surface area contributed by atoms with Gasteiger partial charge in [0.25, 0.3) is 5.91 Å². The highest BCUT2D eigenvalue weighted by Crippen LogP contribution is 2.12. The Morgan fingerprint density at radius 1 is 1.08 bits per heavy atom. The van der Waals surface area contributed by atoms with Crippen molar-refractivity contribution in [2.24, 2.45) is 0 Å². The topological polar surface area (TPSA) is 67.4 Å². The minimum atomic E-state index is -0.214. The fourth-order valence-electron chi connectivity index (χ4n) is 2.60. The van der Waals surface area contributed by atoms with Gasteiger partial charge in [-0.05, 0) is 43.5 Å². The van der Waals surface area contributed by atoms with Gasteiger partial charge in [-0.3, -0.25) is 9.59 Å². The third-order valence-corrected chi connectivity index (χ3v) is 4.09. The lowest BCUT2D eigenvalue weighted by atomic mass is 10.1. The maximum atomic E-state index is 12.1. The number of ether oxygens (including phenoxy) is 1. The average molecular weight is 354 g/mol. The van der Waals surface area contributed by atoms with E-state index in [-0.39, 0.29) is 24.3 Å². The summed E-state index contributed by atoms with van der Waals surface area (Å²) < 4.78 is 5.10. The van der Waals surface area contributed by atoms with Gasteiger partial charge in [0.05, 0.1) is 7.11 Å². The first-order chi connectivity index (χ1) is 12.6. The first-order valence-corrected chi connectivity index (χ1v) is 8.84. The molecule has 0 aromatic heterocycles. The van der Waals surface area contributed by atoms with Crippen LogP contribution in [0.15, 0.2) is 54.6 Å². The lowest BCUT2D eigenvalue weighted by molar-refractivity contribution is -0.121. The lowest BCUT2D eigenvalue weighted by Gasteiger charge is -2.14. The van der Waals surface area contributed by atoms with Gasteiger partial charge in [0, 0.05) is 24.6 Å². The summed E-state index contributed by atoms with van der Waals surface area (Å²) in [7, 11) is 1.56. The predicted octanol–water partition coefficient (Wildman–Crippen LogP) is 2.95. The number of carbonyl (C=O) groups is 2. The summed E-state index contributed by atoms with van der Waals surface area (Å²) in [5.41, 5.74) is 1.78. The second kappa shape index (κ2) is 10.2. The minimum Gasteiger partial charge on any atom is -0.497 e. The molecule has 0 radical (unpaired) electrons. The molecule has 138 valence electrons. The zero-order valence-electron chi connectivity index (χ0n) is 15.3. The van der Waals surface area contributed by atoms with Gasteiger partial charge in [-0.25, -0.2) is 0 Å². The molecule has 0 fully saturated rings. The molecule has 2 aromatic rings. The van der Waals surface area contributed by atoms with Crippen LogP contribution in [-0.2, 0) is 11.2 Å². The van der Waals surface area contributed by atoms with E-state index in [0.717, 1.165) is 12.8 Å². The first kappa shape index (κ1) is 19.5. The Labute approximate surface area is 154 Å². The molecular weight excluding hydrogens is 328 g/mol. The molecule has 0 spiro atoms. The van der Waals surface area contributed by atoms with Crippen LogP contribution in [0.5, 0.6) is 5.75 Å². The van der Waals surface area contributed by atoms with Crippen LogP contribution in [0.25, 0.3) is 0 Å². The maximum absolute atomic E-state index is 12.1. The quantitative estimate of drug-likeness (QED) is 0.727. The molecule has 0 aliphatic carbocycles. The Bertz CT molecular complexity index is 716. The van der Waals surface area contributed by atoms with E-state index < -0.39 is 0 Å². The van der Waals surface area contributed by atoms with Gasteiger partial charge < -0.3 is 15.4 Å². The van der Waals surface area contributed by atoms with Gasteiger partial charge in [-0.1, -0.05) is 36.4 Å². The van der Waals surface area contributed by atoms with E-state index >= 15 is 0 Å². The largest absolute Gasteiger partial charge is 0.497 e. The van der Waals surface area contributed by atoms with Gasteiger partial charge in [0.2, 0.25) is 5.91 Å². The summed E-state index contributed by atoms with van der Waals surface area (Å²) in [6.07, 6.45) is 2.06. The molecule has 2 aromatic carbocycles. The number of methoxy groups -OCH3 is 1. The molecule has 5 heteroatoms. The van der Waals surface area contributed by atoms with E-state index in [1.807, 2.05) is 25.1 Å². The van der Waals surface area contributed by atoms with E-state index in [2.05, 4.69) is 22.8 Å². The molecule has 2 amide bonds. The second-order valence-corrected chi connectivity index (χ2v) is 6.23. The van der Waals surface area contributed by atoms with Gasteiger partial charge in [0.1, 0.15) is 5.75 Å². The number of hydrogen-bond donors (Lipinski definition) is 2. The van der Waals surface area contributed by atoms with Crippen LogP contribution >= 0.6 is 0 Å². The summed E-state index contributed by atoms with van der Waals surface area (Å²) in [6, 6.07) is 17.2. The molecule has 0 saturated heterocycles. The zero-order valence-corrected chi connectivity index (χ0v) is 15.3. The van der Waals surface area contributed by atoms with Crippen molar-refractivity contribution < 1.29 is 14.3 Å². The number of aryl methyl sites for hydroxylation is 1. The van der Waals surface area contributed by atoms with Crippen LogP contribution in [0.4, 0.5) is 0 Å². The molecule has 2 N–H and O–H groups in total. The van der Waals surface area contributed by atoms with Gasteiger partial charge in [-0.2, -0.15) is 0 Å². The first-order valence-electron chi connectivity index (χ1n) is 8.84. The van der Waals surface area contributed by atoms with Crippen molar-refractivity contribution >= 4 is 11.8 Å². The molecule has 2 rings (SSSR count). The lowest BCUT2D eigenvalue weighted by Crippen LogP contribution is -2.35. The third-order valence-electron chi connectivity index (χ3n) is 4.09. The highest BCUT2D eigenvalue weighted by atomic mass is 16.5. The molecule has 1 atom stereocenters. The molecule has 0 aliphatic heterocycles. The van der Waals surface area contributed by atoms with Crippen molar-refractivity contribution in [2.75, 3.05) is 13.7 Å². The van der Waals surface area contributed by atoms with Crippen LogP contribution < -0.4 is 15.4 Å². The monoisotopic (exact) mass is 354 g/mol. The molecule has 0 bridgehead atoms. The molecule has 0 heterocycles. The zero-order chi connectivity index (χ0) is 18.8. The van der Waals surface area contributed by atoms with Gasteiger partial charge in [-0.15, -0.1) is 0 Å². The standard InChI is InChI=1S/C21H26N2O3/c1-16(11-12-17-7-4-3-5-8-17)23-20(24)13-14-22-21(25)18-9-6-10-19(15-18)26-2/h3-10,15-16H,11-14H2,1-2H3,(H,22,25)(H,23,24). The number of carbonyl (C=O) groups excluding carboxylic acids is 2. The van der Waals surface area contributed by atoms with Crippen LogP contribution in [0.3, 0.4) is 0 Å². The molecule has 5 nitrogen and oxygen atoms in total. The van der Waals surface area contributed by atoms with Gasteiger partial charge in [0.15, 0.2) is 0 Å². The summed E-state index contributed by atoms with van der Waals surface area (Å²) in [4.78, 5) is 24.1. The summed E-state index contributed by atoms with van der Waals surface area (Å²) in [5.74, 6) is 0.355. The van der Waals surface area contributed by atoms with E-state index in [1.54, 1.807) is 31.4 Å². The Morgan fingerprint density at radius 2 is 1.85 bits per heavy atom. The summed E-state index contributed by atoms with van der Waals surface area (Å²) in [5, 5.41) is 5.73. The Balaban J connectivity index is 1.67.